The molecule has 1 atom stereocenters. The number of para-hydroxylation sites is 2. The maximum atomic E-state index is 12.0. The molecule has 7 nitrogen and oxygen atoms in total. The molecule has 1 unspecified atom stereocenters. The molecule has 0 saturated carbocycles. The molecular weight excluding hydrogens is 290 g/mol. The molecule has 1 aromatic carbocycles. The standard InChI is InChI=1S/C15H17NO6/c1-9(2)21-13(17)8-20-14(18)10(3)16-11-6-4-5-7-12(11)22-15(16)19/h4-7,9-10H,8H2,1-3H3. The zero-order valence-electron chi connectivity index (χ0n) is 12.6. The van der Waals surface area contributed by atoms with E-state index in [1.807, 2.05) is 0 Å². The van der Waals surface area contributed by atoms with E-state index in [1.165, 1.54) is 11.5 Å². The van der Waals surface area contributed by atoms with Gasteiger partial charge in [0, 0.05) is 0 Å². The van der Waals surface area contributed by atoms with Crippen molar-refractivity contribution in [2.75, 3.05) is 6.61 Å². The van der Waals surface area contributed by atoms with Crippen LogP contribution in [0.1, 0.15) is 26.8 Å². The van der Waals surface area contributed by atoms with Gasteiger partial charge in [-0.25, -0.2) is 14.4 Å². The Morgan fingerprint density at radius 2 is 1.91 bits per heavy atom. The molecule has 0 spiro atoms. The maximum Gasteiger partial charge on any atom is 0.420 e. The molecule has 2 rings (SSSR count). The quantitative estimate of drug-likeness (QED) is 0.780. The predicted molar refractivity (Wildman–Crippen MR) is 77.4 cm³/mol. The largest absolute Gasteiger partial charge is 0.460 e. The first-order valence-electron chi connectivity index (χ1n) is 6.86. The first-order valence-corrected chi connectivity index (χ1v) is 6.86. The zero-order chi connectivity index (χ0) is 16.3. The molecule has 22 heavy (non-hydrogen) atoms. The topological polar surface area (TPSA) is 87.7 Å². The summed E-state index contributed by atoms with van der Waals surface area (Å²) in [6.45, 7) is 4.39. The van der Waals surface area contributed by atoms with Gasteiger partial charge in [0.25, 0.3) is 0 Å². The molecule has 0 radical (unpaired) electrons. The highest BCUT2D eigenvalue weighted by atomic mass is 16.6. The molecule has 118 valence electrons. The Kier molecular flexibility index (Phi) is 4.65. The summed E-state index contributed by atoms with van der Waals surface area (Å²) in [5, 5.41) is 0. The van der Waals surface area contributed by atoms with E-state index >= 15 is 0 Å². The Morgan fingerprint density at radius 3 is 2.59 bits per heavy atom. The summed E-state index contributed by atoms with van der Waals surface area (Å²) in [5.74, 6) is -2.01. The lowest BCUT2D eigenvalue weighted by molar-refractivity contribution is -0.162. The van der Waals surface area contributed by atoms with Crippen LogP contribution in [-0.4, -0.2) is 29.2 Å². The lowest BCUT2D eigenvalue weighted by atomic mass is 10.3. The molecule has 1 aromatic heterocycles. The molecule has 1 heterocycles. The highest BCUT2D eigenvalue weighted by molar-refractivity contribution is 5.81. The number of carbonyl (C=O) groups excluding carboxylic acids is 2. The minimum Gasteiger partial charge on any atom is -0.460 e. The van der Waals surface area contributed by atoms with Crippen LogP contribution in [0.25, 0.3) is 11.1 Å². The van der Waals surface area contributed by atoms with Crippen molar-refractivity contribution in [1.82, 2.24) is 4.57 Å². The van der Waals surface area contributed by atoms with Crippen LogP contribution in [0, 0.1) is 0 Å². The van der Waals surface area contributed by atoms with E-state index in [4.69, 9.17) is 13.9 Å². The lowest BCUT2D eigenvalue weighted by Gasteiger charge is -2.13. The van der Waals surface area contributed by atoms with Gasteiger partial charge in [-0.05, 0) is 32.9 Å². The smallest absolute Gasteiger partial charge is 0.420 e. The van der Waals surface area contributed by atoms with E-state index in [0.717, 1.165) is 0 Å². The summed E-state index contributed by atoms with van der Waals surface area (Å²) >= 11 is 0. The minimum atomic E-state index is -0.914. The second-order valence-corrected chi connectivity index (χ2v) is 5.03. The highest BCUT2D eigenvalue weighted by Gasteiger charge is 2.23. The Labute approximate surface area is 126 Å². The number of oxazole rings is 1. The molecule has 0 aliphatic carbocycles. The fraction of sp³-hybridized carbons (Fsp3) is 0.400. The van der Waals surface area contributed by atoms with Crippen molar-refractivity contribution < 1.29 is 23.5 Å². The zero-order valence-corrected chi connectivity index (χ0v) is 12.6. The van der Waals surface area contributed by atoms with Crippen LogP contribution in [0.4, 0.5) is 0 Å². The normalized spacial score (nSPS) is 12.4. The van der Waals surface area contributed by atoms with Gasteiger partial charge in [0.2, 0.25) is 0 Å². The number of fused-ring (bicyclic) bond motifs is 1. The van der Waals surface area contributed by atoms with Gasteiger partial charge in [0.05, 0.1) is 11.6 Å². The first kappa shape index (κ1) is 15.8. The Bertz CT molecular complexity index is 742. The van der Waals surface area contributed by atoms with E-state index in [-0.39, 0.29) is 6.10 Å². The molecule has 2 aromatic rings. The second kappa shape index (κ2) is 6.46. The van der Waals surface area contributed by atoms with Gasteiger partial charge in [-0.15, -0.1) is 0 Å². The molecule has 7 heteroatoms. The third-order valence-corrected chi connectivity index (χ3v) is 2.95. The van der Waals surface area contributed by atoms with E-state index < -0.39 is 30.3 Å². The van der Waals surface area contributed by atoms with Crippen LogP contribution >= 0.6 is 0 Å². The molecule has 0 fully saturated rings. The number of carbonyl (C=O) groups is 2. The van der Waals surface area contributed by atoms with E-state index in [1.54, 1.807) is 38.1 Å². The number of ether oxygens (including phenoxy) is 2. The van der Waals surface area contributed by atoms with E-state index in [2.05, 4.69) is 0 Å². The van der Waals surface area contributed by atoms with Gasteiger partial charge in [0.1, 0.15) is 6.04 Å². The Morgan fingerprint density at radius 1 is 1.23 bits per heavy atom. The van der Waals surface area contributed by atoms with Gasteiger partial charge in [-0.1, -0.05) is 12.1 Å². The van der Waals surface area contributed by atoms with Gasteiger partial charge in [-0.3, -0.25) is 4.57 Å². The van der Waals surface area contributed by atoms with Crippen LogP contribution in [0.2, 0.25) is 0 Å². The van der Waals surface area contributed by atoms with Crippen molar-refractivity contribution in [1.29, 1.82) is 0 Å². The summed E-state index contributed by atoms with van der Waals surface area (Å²) in [7, 11) is 0. The van der Waals surface area contributed by atoms with Crippen molar-refractivity contribution in [3.05, 3.63) is 34.8 Å². The molecule has 0 bridgehead atoms. The third kappa shape index (κ3) is 3.36. The van der Waals surface area contributed by atoms with Crippen LogP contribution in [-0.2, 0) is 19.1 Å². The minimum absolute atomic E-state index is 0.288. The summed E-state index contributed by atoms with van der Waals surface area (Å²) in [6.07, 6.45) is -0.288. The number of hydrogen-bond donors (Lipinski definition) is 0. The third-order valence-electron chi connectivity index (χ3n) is 2.95. The van der Waals surface area contributed by atoms with Gasteiger partial charge in [-0.2, -0.15) is 0 Å². The molecule has 0 saturated heterocycles. The molecule has 0 N–H and O–H groups in total. The summed E-state index contributed by atoms with van der Waals surface area (Å²) in [5.41, 5.74) is 0.869. The number of aromatic nitrogens is 1. The monoisotopic (exact) mass is 307 g/mol. The van der Waals surface area contributed by atoms with Crippen molar-refractivity contribution in [3.63, 3.8) is 0 Å². The van der Waals surface area contributed by atoms with Crippen molar-refractivity contribution in [2.45, 2.75) is 32.9 Å². The van der Waals surface area contributed by atoms with Crippen LogP contribution in [0.3, 0.4) is 0 Å². The molecule has 0 aliphatic heterocycles. The van der Waals surface area contributed by atoms with Crippen LogP contribution in [0.5, 0.6) is 0 Å². The van der Waals surface area contributed by atoms with Gasteiger partial charge < -0.3 is 13.9 Å². The van der Waals surface area contributed by atoms with E-state index in [0.29, 0.717) is 11.1 Å². The van der Waals surface area contributed by atoms with Crippen molar-refractivity contribution in [3.8, 4) is 0 Å². The van der Waals surface area contributed by atoms with E-state index in [9.17, 15) is 14.4 Å². The number of esters is 2. The summed E-state index contributed by atoms with van der Waals surface area (Å²) < 4.78 is 16.0. The number of benzene rings is 1. The maximum absolute atomic E-state index is 12.0. The van der Waals surface area contributed by atoms with Crippen LogP contribution in [0.15, 0.2) is 33.5 Å². The average Bonchev–Trinajstić information content (AvgIpc) is 2.79. The second-order valence-electron chi connectivity index (χ2n) is 5.03. The number of hydrogen-bond acceptors (Lipinski definition) is 6. The predicted octanol–water partition coefficient (Wildman–Crippen LogP) is 1.65. The average molecular weight is 307 g/mol. The first-order chi connectivity index (χ1) is 10.4. The number of nitrogens with zero attached hydrogens (tertiary/aromatic N) is 1. The molecular formula is C15H17NO6. The Balaban J connectivity index is 2.11. The highest BCUT2D eigenvalue weighted by Crippen LogP contribution is 2.17. The SMILES string of the molecule is CC(C)OC(=O)COC(=O)C(C)n1c(=O)oc2ccccc21. The van der Waals surface area contributed by atoms with Gasteiger partial charge >= 0.3 is 17.7 Å². The Hall–Kier alpha value is -2.57. The summed E-state index contributed by atoms with van der Waals surface area (Å²) in [6, 6.07) is 5.83. The summed E-state index contributed by atoms with van der Waals surface area (Å²) in [4.78, 5) is 35.2. The van der Waals surface area contributed by atoms with Gasteiger partial charge in [0.15, 0.2) is 12.2 Å². The molecule has 0 aliphatic rings. The van der Waals surface area contributed by atoms with Crippen molar-refractivity contribution >= 4 is 23.0 Å². The fourth-order valence-electron chi connectivity index (χ4n) is 2.00. The molecule has 0 amide bonds. The van der Waals surface area contributed by atoms with Crippen LogP contribution < -0.4 is 5.76 Å². The number of rotatable bonds is 5. The fourth-order valence-corrected chi connectivity index (χ4v) is 2.00. The lowest BCUT2D eigenvalue weighted by Crippen LogP contribution is -2.28. The van der Waals surface area contributed by atoms with Crippen molar-refractivity contribution in [2.24, 2.45) is 0 Å².